The highest BCUT2D eigenvalue weighted by atomic mass is 16.4. The number of nitrogens with two attached hydrogens (primary N) is 1. The van der Waals surface area contributed by atoms with Gasteiger partial charge in [0.15, 0.2) is 5.84 Å². The molecule has 0 aliphatic carbocycles. The molecule has 7 heteroatoms. The summed E-state index contributed by atoms with van der Waals surface area (Å²) in [4.78, 5) is 12.2. The lowest BCUT2D eigenvalue weighted by molar-refractivity contribution is 0.0945. The second-order valence-corrected chi connectivity index (χ2v) is 4.25. The number of aryl methyl sites for hydroxylation is 1. The molecule has 7 nitrogen and oxygen atoms in total. The fourth-order valence-electron chi connectivity index (χ4n) is 1.82. The molecule has 5 N–H and O–H groups in total. The number of nitrogens with one attached hydrogen (secondary N) is 2. The molecule has 0 spiro atoms. The Hall–Kier alpha value is -2.83. The Bertz CT molecular complexity index is 621. The second-order valence-electron chi connectivity index (χ2n) is 4.25. The number of carbonyl (C=O) groups is 1. The summed E-state index contributed by atoms with van der Waals surface area (Å²) in [6, 6.07) is 8.32. The van der Waals surface area contributed by atoms with Crippen LogP contribution in [0.25, 0.3) is 0 Å². The second kappa shape index (κ2) is 5.87. The molecule has 0 saturated heterocycles. The maximum atomic E-state index is 12.2. The average molecular weight is 273 g/mol. The molecule has 104 valence electrons. The Morgan fingerprint density at radius 3 is 2.70 bits per heavy atom. The van der Waals surface area contributed by atoms with Crippen molar-refractivity contribution in [3.63, 3.8) is 0 Å². The number of aromatic nitrogens is 2. The van der Waals surface area contributed by atoms with Gasteiger partial charge in [-0.3, -0.25) is 9.89 Å². The first-order valence-corrected chi connectivity index (χ1v) is 5.96. The van der Waals surface area contributed by atoms with Crippen LogP contribution in [0.4, 0.5) is 0 Å². The lowest BCUT2D eigenvalue weighted by Gasteiger charge is -2.17. The predicted octanol–water partition coefficient (Wildman–Crippen LogP) is 0.936. The maximum absolute atomic E-state index is 12.2. The third-order valence-corrected chi connectivity index (χ3v) is 2.89. The molecule has 0 saturated carbocycles. The average Bonchev–Trinajstić information content (AvgIpc) is 2.91. The first-order chi connectivity index (χ1) is 9.63. The molecule has 1 atom stereocenters. The van der Waals surface area contributed by atoms with E-state index in [2.05, 4.69) is 20.7 Å². The molecule has 0 fully saturated rings. The minimum absolute atomic E-state index is 0.0919. The Kier molecular flexibility index (Phi) is 3.99. The molecule has 1 aromatic heterocycles. The van der Waals surface area contributed by atoms with E-state index in [1.165, 1.54) is 6.20 Å². The molecule has 0 aliphatic heterocycles. The number of amides is 1. The molecule has 0 aliphatic rings. The van der Waals surface area contributed by atoms with Crippen molar-refractivity contribution < 1.29 is 10.0 Å². The van der Waals surface area contributed by atoms with E-state index in [0.29, 0.717) is 11.3 Å². The molecule has 20 heavy (non-hydrogen) atoms. The van der Waals surface area contributed by atoms with Gasteiger partial charge < -0.3 is 16.3 Å². The third-order valence-electron chi connectivity index (χ3n) is 2.89. The molecule has 2 aromatic rings. The lowest BCUT2D eigenvalue weighted by Crippen LogP contribution is -2.37. The number of hydrogen-bond acceptors (Lipinski definition) is 4. The topological polar surface area (TPSA) is 116 Å². The first-order valence-electron chi connectivity index (χ1n) is 5.96. The Morgan fingerprint density at radius 2 is 2.15 bits per heavy atom. The summed E-state index contributed by atoms with van der Waals surface area (Å²) in [5.41, 5.74) is 7.43. The number of rotatable bonds is 4. The number of amidine groups is 1. The van der Waals surface area contributed by atoms with Crippen LogP contribution >= 0.6 is 0 Å². The maximum Gasteiger partial charge on any atom is 0.255 e. The van der Waals surface area contributed by atoms with Crippen molar-refractivity contribution in [2.75, 3.05) is 0 Å². The minimum atomic E-state index is -0.706. The van der Waals surface area contributed by atoms with E-state index in [-0.39, 0.29) is 11.7 Å². The summed E-state index contributed by atoms with van der Waals surface area (Å²) >= 11 is 0. The van der Waals surface area contributed by atoms with Gasteiger partial charge in [-0.15, -0.1) is 0 Å². The molecule has 1 heterocycles. The van der Waals surface area contributed by atoms with Crippen LogP contribution in [0.15, 0.2) is 41.7 Å². The van der Waals surface area contributed by atoms with Gasteiger partial charge in [-0.25, -0.2) is 0 Å². The Morgan fingerprint density at radius 1 is 1.45 bits per heavy atom. The quantitative estimate of drug-likeness (QED) is 0.287. The van der Waals surface area contributed by atoms with E-state index in [9.17, 15) is 4.79 Å². The van der Waals surface area contributed by atoms with Gasteiger partial charge in [0.2, 0.25) is 0 Å². The normalized spacial score (nSPS) is 12.9. The zero-order valence-electron chi connectivity index (χ0n) is 10.9. The van der Waals surface area contributed by atoms with E-state index in [0.717, 1.165) is 5.56 Å². The third kappa shape index (κ3) is 2.77. The van der Waals surface area contributed by atoms with E-state index in [1.54, 1.807) is 19.1 Å². The minimum Gasteiger partial charge on any atom is -0.409 e. The number of benzene rings is 1. The van der Waals surface area contributed by atoms with Crippen LogP contribution < -0.4 is 11.1 Å². The van der Waals surface area contributed by atoms with Crippen molar-refractivity contribution in [3.05, 3.63) is 53.3 Å². The Labute approximate surface area is 115 Å². The van der Waals surface area contributed by atoms with Gasteiger partial charge in [-0.2, -0.15) is 5.10 Å². The summed E-state index contributed by atoms with van der Waals surface area (Å²) in [5, 5.41) is 21.0. The summed E-state index contributed by atoms with van der Waals surface area (Å²) in [6.45, 7) is 1.74. The van der Waals surface area contributed by atoms with Gasteiger partial charge in [0, 0.05) is 5.69 Å². The highest BCUT2D eigenvalue weighted by Crippen LogP contribution is 2.14. The number of carbonyl (C=O) groups excluding carboxylic acids is 1. The molecule has 2 rings (SSSR count). The van der Waals surface area contributed by atoms with Gasteiger partial charge in [0.1, 0.15) is 6.04 Å². The van der Waals surface area contributed by atoms with Crippen molar-refractivity contribution in [1.82, 2.24) is 15.5 Å². The number of oxime groups is 1. The summed E-state index contributed by atoms with van der Waals surface area (Å²) < 4.78 is 0. The van der Waals surface area contributed by atoms with E-state index >= 15 is 0 Å². The number of H-pyrrole nitrogens is 1. The van der Waals surface area contributed by atoms with Crippen LogP contribution in [0.5, 0.6) is 0 Å². The lowest BCUT2D eigenvalue weighted by atomic mass is 10.1. The van der Waals surface area contributed by atoms with E-state index in [1.807, 2.05) is 18.2 Å². The molecule has 1 aromatic carbocycles. The highest BCUT2D eigenvalue weighted by molar-refractivity contribution is 5.99. The molecule has 0 radical (unpaired) electrons. The van der Waals surface area contributed by atoms with Crippen molar-refractivity contribution in [2.24, 2.45) is 10.9 Å². The molecule has 0 bridgehead atoms. The van der Waals surface area contributed by atoms with E-state index < -0.39 is 6.04 Å². The predicted molar refractivity (Wildman–Crippen MR) is 73.4 cm³/mol. The largest absolute Gasteiger partial charge is 0.409 e. The summed E-state index contributed by atoms with van der Waals surface area (Å²) in [5.74, 6) is -0.442. The van der Waals surface area contributed by atoms with Crippen LogP contribution in [0, 0.1) is 6.92 Å². The van der Waals surface area contributed by atoms with Crippen molar-refractivity contribution >= 4 is 11.7 Å². The monoisotopic (exact) mass is 273 g/mol. The number of aromatic amines is 1. The Balaban J connectivity index is 2.26. The molecular formula is C13H15N5O2. The molecule has 1 amide bonds. The SMILES string of the molecule is Cc1[nH]ncc1C(=O)NC(C(N)=NO)c1ccccc1. The van der Waals surface area contributed by atoms with Crippen molar-refractivity contribution in [3.8, 4) is 0 Å². The number of nitrogens with zero attached hydrogens (tertiary/aromatic N) is 2. The van der Waals surface area contributed by atoms with Gasteiger partial charge in [0.05, 0.1) is 11.8 Å². The van der Waals surface area contributed by atoms with Gasteiger partial charge in [0.25, 0.3) is 5.91 Å². The fourth-order valence-corrected chi connectivity index (χ4v) is 1.82. The zero-order valence-corrected chi connectivity index (χ0v) is 10.9. The van der Waals surface area contributed by atoms with Crippen LogP contribution in [0.3, 0.4) is 0 Å². The zero-order chi connectivity index (χ0) is 14.5. The summed E-state index contributed by atoms with van der Waals surface area (Å²) in [6.07, 6.45) is 1.43. The fraction of sp³-hybridized carbons (Fsp3) is 0.154. The van der Waals surface area contributed by atoms with Crippen LogP contribution in [-0.4, -0.2) is 27.1 Å². The smallest absolute Gasteiger partial charge is 0.255 e. The van der Waals surface area contributed by atoms with Gasteiger partial charge >= 0.3 is 0 Å². The highest BCUT2D eigenvalue weighted by Gasteiger charge is 2.21. The van der Waals surface area contributed by atoms with Crippen LogP contribution in [-0.2, 0) is 0 Å². The molecule has 1 unspecified atom stereocenters. The van der Waals surface area contributed by atoms with E-state index in [4.69, 9.17) is 10.9 Å². The van der Waals surface area contributed by atoms with Crippen LogP contribution in [0.2, 0.25) is 0 Å². The first kappa shape index (κ1) is 13.6. The van der Waals surface area contributed by atoms with Crippen molar-refractivity contribution in [2.45, 2.75) is 13.0 Å². The molecular weight excluding hydrogens is 258 g/mol. The van der Waals surface area contributed by atoms with Gasteiger partial charge in [-0.1, -0.05) is 35.5 Å². The standard InChI is InChI=1S/C13H15N5O2/c1-8-10(7-15-17-8)13(19)16-11(12(14)18-20)9-5-3-2-4-6-9/h2-7,11,20H,1H3,(H2,14,18)(H,15,17)(H,16,19). The van der Waals surface area contributed by atoms with Crippen LogP contribution in [0.1, 0.15) is 27.7 Å². The summed E-state index contributed by atoms with van der Waals surface area (Å²) in [7, 11) is 0. The number of hydrogen-bond donors (Lipinski definition) is 4. The van der Waals surface area contributed by atoms with Crippen molar-refractivity contribution in [1.29, 1.82) is 0 Å². The van der Waals surface area contributed by atoms with Gasteiger partial charge in [-0.05, 0) is 12.5 Å².